The number of rotatable bonds is 6. The minimum atomic E-state index is -4.82. The molecule has 0 unspecified atom stereocenters. The molecule has 0 amide bonds. The highest BCUT2D eigenvalue weighted by molar-refractivity contribution is 7.92. The first-order valence-electron chi connectivity index (χ1n) is 10.1. The smallest absolute Gasteiger partial charge is 0.417 e. The predicted molar refractivity (Wildman–Crippen MR) is 112 cm³/mol. The lowest BCUT2D eigenvalue weighted by Crippen LogP contribution is -2.38. The zero-order chi connectivity index (χ0) is 23.8. The van der Waals surface area contributed by atoms with Crippen LogP contribution in [-0.2, 0) is 32.1 Å². The highest BCUT2D eigenvalue weighted by Crippen LogP contribution is 2.38. The normalized spacial score (nSPS) is 19.6. The summed E-state index contributed by atoms with van der Waals surface area (Å²) in [7, 11) is -3.20. The number of aryl methyl sites for hydroxylation is 1. The second kappa shape index (κ2) is 8.76. The van der Waals surface area contributed by atoms with Crippen molar-refractivity contribution < 1.29 is 31.1 Å². The Labute approximate surface area is 185 Å². The molecule has 7 nitrogen and oxygen atoms in total. The number of nitrogens with zero attached hydrogens (tertiary/aromatic N) is 3. The summed E-state index contributed by atoms with van der Waals surface area (Å²) in [6.07, 6.45) is -5.01. The van der Waals surface area contributed by atoms with E-state index in [9.17, 15) is 26.4 Å². The number of sulfone groups is 1. The quantitative estimate of drug-likeness (QED) is 0.598. The average Bonchev–Trinajstić information content (AvgIpc) is 3.30. The maximum Gasteiger partial charge on any atom is 0.417 e. The third-order valence-corrected chi connectivity index (χ3v) is 7.58. The van der Waals surface area contributed by atoms with Crippen LogP contribution in [-0.4, -0.2) is 49.1 Å². The Bertz CT molecular complexity index is 1100. The van der Waals surface area contributed by atoms with E-state index in [4.69, 9.17) is 4.74 Å². The van der Waals surface area contributed by atoms with Gasteiger partial charge in [0.25, 0.3) is 0 Å². The standard InChI is InChI=1S/C21H26F3N3O4S/c1-13(2)11-27-19(9-14(3)25-27)26-12-15(10-17(26)20(28)31-4)32(29,30)18-8-6-5-7-16(18)21(22,23)24/h5-9,13,15,17H,10-12H2,1-4H3/t15-,17-/m1/s1. The lowest BCUT2D eigenvalue weighted by molar-refractivity contribution is -0.142. The number of ether oxygens (including phenoxy) is 1. The lowest BCUT2D eigenvalue weighted by Gasteiger charge is -2.25. The summed E-state index contributed by atoms with van der Waals surface area (Å²) in [4.78, 5) is 13.3. The van der Waals surface area contributed by atoms with Gasteiger partial charge in [0.2, 0.25) is 0 Å². The number of carbonyl (C=O) groups excluding carboxylic acids is 1. The van der Waals surface area contributed by atoms with Gasteiger partial charge in [0, 0.05) is 19.2 Å². The molecule has 0 bridgehead atoms. The van der Waals surface area contributed by atoms with Gasteiger partial charge in [-0.15, -0.1) is 0 Å². The number of hydrogen-bond acceptors (Lipinski definition) is 6. The minimum absolute atomic E-state index is 0.155. The van der Waals surface area contributed by atoms with Crippen molar-refractivity contribution in [1.82, 2.24) is 9.78 Å². The molecule has 0 aliphatic carbocycles. The van der Waals surface area contributed by atoms with E-state index >= 15 is 0 Å². The molecule has 11 heteroatoms. The van der Waals surface area contributed by atoms with Crippen molar-refractivity contribution in [1.29, 1.82) is 0 Å². The second-order valence-corrected chi connectivity index (χ2v) is 10.5. The topological polar surface area (TPSA) is 81.5 Å². The van der Waals surface area contributed by atoms with Crippen LogP contribution in [0.4, 0.5) is 19.0 Å². The van der Waals surface area contributed by atoms with E-state index in [1.807, 2.05) is 13.8 Å². The zero-order valence-electron chi connectivity index (χ0n) is 18.3. The van der Waals surface area contributed by atoms with Crippen molar-refractivity contribution in [2.75, 3.05) is 18.6 Å². The highest BCUT2D eigenvalue weighted by Gasteiger charge is 2.47. The van der Waals surface area contributed by atoms with Gasteiger partial charge in [-0.1, -0.05) is 26.0 Å². The van der Waals surface area contributed by atoms with E-state index in [1.54, 1.807) is 22.6 Å². The fraction of sp³-hybridized carbons (Fsp3) is 0.524. The first-order chi connectivity index (χ1) is 14.9. The van der Waals surface area contributed by atoms with E-state index in [0.29, 0.717) is 18.1 Å². The molecule has 2 heterocycles. The third-order valence-electron chi connectivity index (χ3n) is 5.39. The number of anilines is 1. The number of alkyl halides is 3. The van der Waals surface area contributed by atoms with Gasteiger partial charge >= 0.3 is 12.1 Å². The van der Waals surface area contributed by atoms with E-state index in [-0.39, 0.29) is 18.9 Å². The number of aromatic nitrogens is 2. The van der Waals surface area contributed by atoms with E-state index in [2.05, 4.69) is 5.10 Å². The van der Waals surface area contributed by atoms with Crippen LogP contribution < -0.4 is 4.90 Å². The van der Waals surface area contributed by atoms with Crippen LogP contribution in [0.15, 0.2) is 35.2 Å². The Morgan fingerprint density at radius 3 is 2.53 bits per heavy atom. The number of methoxy groups -OCH3 is 1. The van der Waals surface area contributed by atoms with Crippen LogP contribution >= 0.6 is 0 Å². The van der Waals surface area contributed by atoms with Crippen molar-refractivity contribution in [3.8, 4) is 0 Å². The number of hydrogen-bond donors (Lipinski definition) is 0. The summed E-state index contributed by atoms with van der Waals surface area (Å²) in [5.41, 5.74) is -0.535. The van der Waals surface area contributed by atoms with Crippen LogP contribution in [0.2, 0.25) is 0 Å². The van der Waals surface area contributed by atoms with Gasteiger partial charge in [-0.25, -0.2) is 17.9 Å². The minimum Gasteiger partial charge on any atom is -0.467 e. The fourth-order valence-electron chi connectivity index (χ4n) is 4.01. The van der Waals surface area contributed by atoms with Crippen molar-refractivity contribution in [2.24, 2.45) is 5.92 Å². The van der Waals surface area contributed by atoms with Crippen molar-refractivity contribution in [2.45, 2.75) is 56.1 Å². The van der Waals surface area contributed by atoms with Crippen molar-refractivity contribution in [3.05, 3.63) is 41.6 Å². The Kier molecular flexibility index (Phi) is 6.60. The van der Waals surface area contributed by atoms with Crippen LogP contribution in [0.5, 0.6) is 0 Å². The Balaban J connectivity index is 2.05. The molecule has 1 saturated heterocycles. The maximum absolute atomic E-state index is 13.5. The maximum atomic E-state index is 13.5. The Morgan fingerprint density at radius 1 is 1.28 bits per heavy atom. The predicted octanol–water partition coefficient (Wildman–Crippen LogP) is 3.46. The zero-order valence-corrected chi connectivity index (χ0v) is 19.1. The highest BCUT2D eigenvalue weighted by atomic mass is 32.2. The third kappa shape index (κ3) is 4.62. The molecular weight excluding hydrogens is 447 g/mol. The molecule has 2 aromatic rings. The summed E-state index contributed by atoms with van der Waals surface area (Å²) in [5.74, 6) is 0.112. The molecule has 0 saturated carbocycles. The number of halogens is 3. The summed E-state index contributed by atoms with van der Waals surface area (Å²) < 4.78 is 73.6. The Hall–Kier alpha value is -2.56. The van der Waals surface area contributed by atoms with Crippen LogP contribution in [0.1, 0.15) is 31.5 Å². The molecule has 1 aromatic heterocycles. The summed E-state index contributed by atoms with van der Waals surface area (Å²) in [5, 5.41) is 3.21. The first kappa shape index (κ1) is 24.1. The fourth-order valence-corrected chi connectivity index (χ4v) is 5.92. The van der Waals surface area contributed by atoms with Crippen LogP contribution in [0.3, 0.4) is 0 Å². The second-order valence-electron chi connectivity index (χ2n) is 8.31. The number of benzene rings is 1. The van der Waals surface area contributed by atoms with Gasteiger partial charge in [-0.3, -0.25) is 0 Å². The van der Waals surface area contributed by atoms with Gasteiger partial charge in [-0.05, 0) is 31.4 Å². The van der Waals surface area contributed by atoms with E-state index in [0.717, 1.165) is 18.2 Å². The summed E-state index contributed by atoms with van der Waals surface area (Å²) in [6, 6.07) is 4.89. The monoisotopic (exact) mass is 473 g/mol. The molecule has 176 valence electrons. The van der Waals surface area contributed by atoms with Gasteiger partial charge in [0.15, 0.2) is 9.84 Å². The molecule has 0 radical (unpaired) electrons. The van der Waals surface area contributed by atoms with E-state index in [1.165, 1.54) is 13.2 Å². The molecular formula is C21H26F3N3O4S. The average molecular weight is 474 g/mol. The summed E-state index contributed by atoms with van der Waals surface area (Å²) >= 11 is 0. The molecule has 1 aromatic carbocycles. The Morgan fingerprint density at radius 2 is 1.94 bits per heavy atom. The molecule has 32 heavy (non-hydrogen) atoms. The lowest BCUT2D eigenvalue weighted by atomic mass is 10.2. The molecule has 2 atom stereocenters. The number of esters is 1. The molecule has 3 rings (SSSR count). The van der Waals surface area contributed by atoms with Gasteiger partial charge < -0.3 is 9.64 Å². The van der Waals surface area contributed by atoms with Crippen LogP contribution in [0, 0.1) is 12.8 Å². The summed E-state index contributed by atoms with van der Waals surface area (Å²) in [6.45, 7) is 6.13. The molecule has 0 N–H and O–H groups in total. The van der Waals surface area contributed by atoms with E-state index < -0.39 is 43.7 Å². The van der Waals surface area contributed by atoms with Crippen LogP contribution in [0.25, 0.3) is 0 Å². The van der Waals surface area contributed by atoms with Gasteiger partial charge in [0.05, 0.1) is 28.5 Å². The SMILES string of the molecule is COC(=O)[C@H]1C[C@@H](S(=O)(=O)c2ccccc2C(F)(F)F)CN1c1cc(C)nn1CC(C)C. The number of carbonyl (C=O) groups is 1. The molecule has 0 spiro atoms. The molecule has 1 aliphatic heterocycles. The first-order valence-corrected chi connectivity index (χ1v) is 11.7. The van der Waals surface area contributed by atoms with Gasteiger partial charge in [0.1, 0.15) is 11.9 Å². The molecule has 1 fully saturated rings. The van der Waals surface area contributed by atoms with Gasteiger partial charge in [-0.2, -0.15) is 18.3 Å². The largest absolute Gasteiger partial charge is 0.467 e. The molecule has 1 aliphatic rings. The van der Waals surface area contributed by atoms with Crippen molar-refractivity contribution >= 4 is 21.6 Å². The van der Waals surface area contributed by atoms with Crippen molar-refractivity contribution in [3.63, 3.8) is 0 Å².